The van der Waals surface area contributed by atoms with Crippen LogP contribution < -0.4 is 0 Å². The Morgan fingerprint density at radius 2 is 1.55 bits per heavy atom. The number of nitrogens with zero attached hydrogens (tertiary/aromatic N) is 3. The highest BCUT2D eigenvalue weighted by molar-refractivity contribution is 6.31. The number of fused-ring (bicyclic) bond motifs is 1. The molecule has 0 fully saturated rings. The molecule has 0 unspecified atom stereocenters. The Morgan fingerprint density at radius 1 is 0.871 bits per heavy atom. The first kappa shape index (κ1) is 21.4. The van der Waals surface area contributed by atoms with Crippen LogP contribution in [0.4, 0.5) is 0 Å². The average molecular weight is 434 g/mol. The third-order valence-corrected chi connectivity index (χ3v) is 5.72. The maximum absolute atomic E-state index is 11.3. The topological polar surface area (TPSA) is 50.9 Å². The highest BCUT2D eigenvalue weighted by Gasteiger charge is 2.29. The molecule has 0 spiro atoms. The van der Waals surface area contributed by atoms with Gasteiger partial charge < -0.3 is 5.11 Å². The summed E-state index contributed by atoms with van der Waals surface area (Å²) in [5.74, 6) is 0.160. The predicted octanol–water partition coefficient (Wildman–Crippen LogP) is 7.16. The first-order chi connectivity index (χ1) is 14.5. The summed E-state index contributed by atoms with van der Waals surface area (Å²) in [7, 11) is 0. The summed E-state index contributed by atoms with van der Waals surface area (Å²) >= 11 is 6.13. The summed E-state index contributed by atoms with van der Waals surface area (Å²) in [6.07, 6.45) is 0.989. The lowest BCUT2D eigenvalue weighted by Gasteiger charge is -2.33. The van der Waals surface area contributed by atoms with Crippen LogP contribution in [0.5, 0.6) is 5.75 Å². The number of aromatic hydroxyl groups is 1. The fraction of sp³-hybridized carbons (Fsp3) is 0.308. The molecule has 0 atom stereocenters. The second kappa shape index (κ2) is 7.69. The van der Waals surface area contributed by atoms with E-state index in [9.17, 15) is 5.11 Å². The summed E-state index contributed by atoms with van der Waals surface area (Å²) in [4.78, 5) is 1.51. The molecule has 0 aliphatic carbocycles. The van der Waals surface area contributed by atoms with Crippen molar-refractivity contribution >= 4 is 22.6 Å². The molecule has 0 saturated carbocycles. The maximum atomic E-state index is 11.3. The van der Waals surface area contributed by atoms with Crippen LogP contribution in [0.25, 0.3) is 27.8 Å². The van der Waals surface area contributed by atoms with Gasteiger partial charge in [-0.3, -0.25) is 0 Å². The van der Waals surface area contributed by atoms with Crippen molar-refractivity contribution in [1.29, 1.82) is 0 Å². The fourth-order valence-corrected chi connectivity index (χ4v) is 4.59. The lowest BCUT2D eigenvalue weighted by Crippen LogP contribution is -2.25. The van der Waals surface area contributed by atoms with E-state index in [-0.39, 0.29) is 16.6 Å². The van der Waals surface area contributed by atoms with Gasteiger partial charge in [0.05, 0.1) is 0 Å². The van der Waals surface area contributed by atoms with Crippen LogP contribution in [0.2, 0.25) is 5.02 Å². The largest absolute Gasteiger partial charge is 0.505 e. The van der Waals surface area contributed by atoms with Gasteiger partial charge in [-0.25, -0.2) is 0 Å². The number of hydrogen-bond acceptors (Lipinski definition) is 3. The molecule has 0 saturated heterocycles. The zero-order valence-corrected chi connectivity index (χ0v) is 19.4. The normalized spacial score (nSPS) is 12.5. The van der Waals surface area contributed by atoms with Gasteiger partial charge in [-0.15, -0.1) is 15.0 Å². The smallest absolute Gasteiger partial charge is 0.150 e. The average Bonchev–Trinajstić information content (AvgIpc) is 3.09. The SMILES string of the molecule is CC(C)(C)CC(C)(C)c1cc(-c2ccccc2)c(O)c(-n2nc3ccc(Cl)cc3n2)c1. The summed E-state index contributed by atoms with van der Waals surface area (Å²) in [6, 6.07) is 19.5. The monoisotopic (exact) mass is 433 g/mol. The van der Waals surface area contributed by atoms with Crippen molar-refractivity contribution in [1.82, 2.24) is 15.0 Å². The number of benzene rings is 3. The van der Waals surface area contributed by atoms with E-state index in [0.717, 1.165) is 28.6 Å². The molecule has 0 amide bonds. The summed E-state index contributed by atoms with van der Waals surface area (Å²) in [5.41, 5.74) is 4.88. The van der Waals surface area contributed by atoms with Gasteiger partial charge in [-0.2, -0.15) is 0 Å². The summed E-state index contributed by atoms with van der Waals surface area (Å²) in [6.45, 7) is 11.2. The van der Waals surface area contributed by atoms with Crippen molar-refractivity contribution in [3.8, 4) is 22.6 Å². The highest BCUT2D eigenvalue weighted by Crippen LogP contribution is 2.42. The molecule has 0 radical (unpaired) electrons. The number of rotatable bonds is 4. The lowest BCUT2D eigenvalue weighted by molar-refractivity contribution is 0.284. The van der Waals surface area contributed by atoms with Crippen LogP contribution >= 0.6 is 11.6 Å². The van der Waals surface area contributed by atoms with Crippen molar-refractivity contribution in [2.45, 2.75) is 46.5 Å². The minimum absolute atomic E-state index is 0.111. The van der Waals surface area contributed by atoms with Gasteiger partial charge in [0.25, 0.3) is 0 Å². The van der Waals surface area contributed by atoms with Crippen molar-refractivity contribution in [3.05, 3.63) is 71.2 Å². The standard InChI is InChI=1S/C26H28ClN3O/c1-25(2,3)16-26(4,5)18-13-20(17-9-7-6-8-10-17)24(31)23(14-18)30-28-21-12-11-19(27)15-22(21)29-30/h6-15,31H,16H2,1-5H3. The van der Waals surface area contributed by atoms with Gasteiger partial charge in [-0.1, -0.05) is 76.6 Å². The molecule has 0 aliphatic heterocycles. The second-order valence-electron chi connectivity index (χ2n) is 10.0. The highest BCUT2D eigenvalue weighted by atomic mass is 35.5. The van der Waals surface area contributed by atoms with Crippen LogP contribution in [-0.4, -0.2) is 20.1 Å². The van der Waals surface area contributed by atoms with Crippen molar-refractivity contribution < 1.29 is 5.11 Å². The number of halogens is 1. The van der Waals surface area contributed by atoms with Gasteiger partial charge in [-0.05, 0) is 58.7 Å². The molecule has 4 aromatic rings. The number of phenols is 1. The molecule has 31 heavy (non-hydrogen) atoms. The molecule has 0 bridgehead atoms. The molecule has 1 N–H and O–H groups in total. The van der Waals surface area contributed by atoms with E-state index >= 15 is 0 Å². The molecule has 5 heteroatoms. The van der Waals surface area contributed by atoms with E-state index in [1.807, 2.05) is 42.5 Å². The fourth-order valence-electron chi connectivity index (χ4n) is 4.42. The Kier molecular flexibility index (Phi) is 5.30. The van der Waals surface area contributed by atoms with Crippen molar-refractivity contribution in [2.75, 3.05) is 0 Å². The number of aromatic nitrogens is 3. The quantitative estimate of drug-likeness (QED) is 0.371. The van der Waals surface area contributed by atoms with E-state index in [2.05, 4.69) is 50.9 Å². The van der Waals surface area contributed by atoms with Crippen molar-refractivity contribution in [3.63, 3.8) is 0 Å². The van der Waals surface area contributed by atoms with Gasteiger partial charge in [0.2, 0.25) is 0 Å². The molecule has 1 aromatic heterocycles. The predicted molar refractivity (Wildman–Crippen MR) is 128 cm³/mol. The number of hydrogen-bond donors (Lipinski definition) is 1. The Balaban J connectivity index is 1.95. The van der Waals surface area contributed by atoms with Crippen LogP contribution in [0.3, 0.4) is 0 Å². The minimum atomic E-state index is -0.111. The van der Waals surface area contributed by atoms with E-state index in [4.69, 9.17) is 11.6 Å². The van der Waals surface area contributed by atoms with E-state index in [0.29, 0.717) is 16.2 Å². The third kappa shape index (κ3) is 4.45. The van der Waals surface area contributed by atoms with Crippen LogP contribution in [0, 0.1) is 5.41 Å². The molecule has 4 nitrogen and oxygen atoms in total. The Bertz CT molecular complexity index is 1240. The first-order valence-electron chi connectivity index (χ1n) is 10.5. The Labute approximate surface area is 188 Å². The molecular weight excluding hydrogens is 406 g/mol. The van der Waals surface area contributed by atoms with Gasteiger partial charge in [0, 0.05) is 10.6 Å². The van der Waals surface area contributed by atoms with E-state index < -0.39 is 0 Å². The van der Waals surface area contributed by atoms with Crippen LogP contribution in [0.1, 0.15) is 46.6 Å². The van der Waals surface area contributed by atoms with E-state index in [1.165, 1.54) is 4.80 Å². The zero-order valence-electron chi connectivity index (χ0n) is 18.6. The van der Waals surface area contributed by atoms with Crippen LogP contribution in [-0.2, 0) is 5.41 Å². The molecule has 3 aromatic carbocycles. The third-order valence-electron chi connectivity index (χ3n) is 5.49. The first-order valence-corrected chi connectivity index (χ1v) is 10.9. The molecule has 160 valence electrons. The molecular formula is C26H28ClN3O. The minimum Gasteiger partial charge on any atom is -0.505 e. The zero-order chi connectivity index (χ0) is 22.4. The number of phenolic OH excluding ortho intramolecular Hbond substituents is 1. The Hall–Kier alpha value is -2.85. The lowest BCUT2D eigenvalue weighted by atomic mass is 9.72. The van der Waals surface area contributed by atoms with Crippen LogP contribution in [0.15, 0.2) is 60.7 Å². The summed E-state index contributed by atoms with van der Waals surface area (Å²) < 4.78 is 0. The van der Waals surface area contributed by atoms with Gasteiger partial charge >= 0.3 is 0 Å². The Morgan fingerprint density at radius 3 is 2.23 bits per heavy atom. The summed E-state index contributed by atoms with van der Waals surface area (Å²) in [5, 5.41) is 21.1. The molecule has 1 heterocycles. The molecule has 0 aliphatic rings. The second-order valence-corrected chi connectivity index (χ2v) is 10.4. The molecule has 4 rings (SSSR count). The van der Waals surface area contributed by atoms with E-state index in [1.54, 1.807) is 12.1 Å². The van der Waals surface area contributed by atoms with Gasteiger partial charge in [0.15, 0.2) is 5.75 Å². The van der Waals surface area contributed by atoms with Gasteiger partial charge in [0.1, 0.15) is 16.7 Å². The van der Waals surface area contributed by atoms with Crippen molar-refractivity contribution in [2.24, 2.45) is 5.41 Å². The maximum Gasteiger partial charge on any atom is 0.150 e.